The molecular weight excluding hydrogens is 532 g/mol. The number of amides is 2. The van der Waals surface area contributed by atoms with Crippen LogP contribution in [-0.2, 0) is 23.9 Å². The zero-order valence-corrected chi connectivity index (χ0v) is 24.2. The molecule has 222 valence electrons. The van der Waals surface area contributed by atoms with Crippen molar-refractivity contribution < 1.29 is 29.0 Å². The van der Waals surface area contributed by atoms with E-state index in [0.29, 0.717) is 32.5 Å². The summed E-state index contributed by atoms with van der Waals surface area (Å²) in [5.74, 6) is -2.65. The van der Waals surface area contributed by atoms with Gasteiger partial charge < -0.3 is 24.4 Å². The molecule has 2 amide bonds. The molecule has 8 heteroatoms. The van der Waals surface area contributed by atoms with Crippen LogP contribution in [0.5, 0.6) is 0 Å². The quantitative estimate of drug-likeness (QED) is 0.297. The van der Waals surface area contributed by atoms with Crippen molar-refractivity contribution in [3.05, 3.63) is 66.8 Å². The third-order valence-electron chi connectivity index (χ3n) is 9.35. The van der Waals surface area contributed by atoms with Crippen molar-refractivity contribution in [1.29, 1.82) is 0 Å². The molecule has 2 aromatic carbocycles. The second kappa shape index (κ2) is 11.7. The number of esters is 1. The van der Waals surface area contributed by atoms with Crippen molar-refractivity contribution in [3.8, 4) is 0 Å². The Hall–Kier alpha value is -3.49. The van der Waals surface area contributed by atoms with Crippen LogP contribution in [0.2, 0.25) is 0 Å². The maximum absolute atomic E-state index is 14.7. The van der Waals surface area contributed by atoms with Gasteiger partial charge >= 0.3 is 5.97 Å². The van der Waals surface area contributed by atoms with Crippen LogP contribution in [0.1, 0.15) is 51.9 Å². The summed E-state index contributed by atoms with van der Waals surface area (Å²) in [6.45, 7) is 2.97. The lowest BCUT2D eigenvalue weighted by Crippen LogP contribution is -2.56. The van der Waals surface area contributed by atoms with Gasteiger partial charge in [-0.3, -0.25) is 14.4 Å². The first-order chi connectivity index (χ1) is 20.4. The lowest BCUT2D eigenvalue weighted by atomic mass is 9.74. The van der Waals surface area contributed by atoms with Gasteiger partial charge in [0.15, 0.2) is 0 Å². The molecule has 4 aliphatic rings. The summed E-state index contributed by atoms with van der Waals surface area (Å²) in [5.41, 5.74) is -1.65. The Morgan fingerprint density at radius 1 is 0.905 bits per heavy atom. The van der Waals surface area contributed by atoms with Crippen LogP contribution in [-0.4, -0.2) is 71.3 Å². The Kier molecular flexibility index (Phi) is 7.94. The number of aliphatic hydroxyl groups excluding tert-OH is 1. The molecule has 0 aromatic heterocycles. The fraction of sp³-hybridized carbons (Fsp3) is 0.500. The van der Waals surface area contributed by atoms with Crippen molar-refractivity contribution in [2.45, 2.75) is 69.1 Å². The molecule has 2 fully saturated rings. The maximum atomic E-state index is 14.7. The predicted octanol–water partition coefficient (Wildman–Crippen LogP) is 4.55. The van der Waals surface area contributed by atoms with E-state index in [1.54, 1.807) is 9.80 Å². The SMILES string of the molecule is C[C@@]12/C=C\CCCCOC(=O)[C@@H]1[C@H]1C(=O)N(CCCCCCO)C3C(=O)N(c4ccc5ccccc5c4)CC=C[C@@]31O2. The summed E-state index contributed by atoms with van der Waals surface area (Å²) in [4.78, 5) is 46.1. The number of likely N-dealkylation sites (tertiary alicyclic amines) is 1. The molecule has 4 heterocycles. The molecule has 4 aliphatic heterocycles. The largest absolute Gasteiger partial charge is 0.465 e. The van der Waals surface area contributed by atoms with Gasteiger partial charge in [-0.15, -0.1) is 0 Å². The lowest BCUT2D eigenvalue weighted by molar-refractivity contribution is -0.158. The third kappa shape index (κ3) is 4.84. The minimum atomic E-state index is -1.30. The summed E-state index contributed by atoms with van der Waals surface area (Å²) in [7, 11) is 0. The van der Waals surface area contributed by atoms with Gasteiger partial charge in [0.2, 0.25) is 5.91 Å². The molecule has 8 nitrogen and oxygen atoms in total. The fourth-order valence-electron chi connectivity index (χ4n) is 7.36. The summed E-state index contributed by atoms with van der Waals surface area (Å²) in [6, 6.07) is 13.0. The van der Waals surface area contributed by atoms with Crippen LogP contribution in [0.25, 0.3) is 10.8 Å². The summed E-state index contributed by atoms with van der Waals surface area (Å²) in [5, 5.41) is 11.3. The van der Waals surface area contributed by atoms with Crippen molar-refractivity contribution in [3.63, 3.8) is 0 Å². The second-order valence-electron chi connectivity index (χ2n) is 12.1. The summed E-state index contributed by atoms with van der Waals surface area (Å²) < 4.78 is 12.6. The number of carbonyl (C=O) groups is 3. The van der Waals surface area contributed by atoms with E-state index in [1.807, 2.05) is 73.7 Å². The van der Waals surface area contributed by atoms with E-state index in [1.165, 1.54) is 0 Å². The highest BCUT2D eigenvalue weighted by atomic mass is 16.6. The Bertz CT molecular complexity index is 1420. The number of hydrogen-bond acceptors (Lipinski definition) is 6. The average molecular weight is 573 g/mol. The molecule has 42 heavy (non-hydrogen) atoms. The van der Waals surface area contributed by atoms with Crippen LogP contribution in [0.15, 0.2) is 66.8 Å². The molecule has 6 rings (SSSR count). The van der Waals surface area contributed by atoms with E-state index in [-0.39, 0.29) is 18.4 Å². The smallest absolute Gasteiger partial charge is 0.313 e. The molecule has 2 aromatic rings. The van der Waals surface area contributed by atoms with E-state index >= 15 is 0 Å². The maximum Gasteiger partial charge on any atom is 0.313 e. The first kappa shape index (κ1) is 28.6. The van der Waals surface area contributed by atoms with E-state index in [4.69, 9.17) is 9.47 Å². The van der Waals surface area contributed by atoms with Crippen LogP contribution in [0.3, 0.4) is 0 Å². The summed E-state index contributed by atoms with van der Waals surface area (Å²) >= 11 is 0. The molecule has 0 saturated carbocycles. The van der Waals surface area contributed by atoms with E-state index < -0.39 is 35.0 Å². The molecule has 1 unspecified atom stereocenters. The van der Waals surface area contributed by atoms with Crippen molar-refractivity contribution in [2.24, 2.45) is 11.8 Å². The van der Waals surface area contributed by atoms with E-state index in [9.17, 15) is 19.5 Å². The van der Waals surface area contributed by atoms with E-state index in [0.717, 1.165) is 48.6 Å². The van der Waals surface area contributed by atoms with Gasteiger partial charge in [0, 0.05) is 25.4 Å². The molecule has 0 radical (unpaired) electrons. The number of nitrogens with zero attached hydrogens (tertiary/aromatic N) is 2. The number of anilines is 1. The van der Waals surface area contributed by atoms with Gasteiger partial charge in [0.05, 0.1) is 18.1 Å². The monoisotopic (exact) mass is 572 g/mol. The number of allylic oxidation sites excluding steroid dienone is 1. The first-order valence-electron chi connectivity index (χ1n) is 15.3. The van der Waals surface area contributed by atoms with Crippen molar-refractivity contribution in [1.82, 2.24) is 4.90 Å². The van der Waals surface area contributed by atoms with Crippen LogP contribution in [0.4, 0.5) is 5.69 Å². The van der Waals surface area contributed by atoms with Crippen LogP contribution in [0, 0.1) is 11.8 Å². The number of cyclic esters (lactones) is 1. The van der Waals surface area contributed by atoms with Gasteiger partial charge in [0.25, 0.3) is 5.91 Å². The topological polar surface area (TPSA) is 96.4 Å². The number of benzene rings is 2. The number of ether oxygens (including phenoxy) is 2. The first-order valence-corrected chi connectivity index (χ1v) is 15.3. The highest BCUT2D eigenvalue weighted by Gasteiger charge is 2.74. The van der Waals surface area contributed by atoms with E-state index in [2.05, 4.69) is 0 Å². The van der Waals surface area contributed by atoms with Gasteiger partial charge in [-0.05, 0) is 61.9 Å². The highest BCUT2D eigenvalue weighted by Crippen LogP contribution is 2.57. The van der Waals surface area contributed by atoms with Crippen LogP contribution >= 0.6 is 0 Å². The number of unbranched alkanes of at least 4 members (excludes halogenated alkanes) is 3. The predicted molar refractivity (Wildman–Crippen MR) is 160 cm³/mol. The minimum absolute atomic E-state index is 0.129. The van der Waals surface area contributed by atoms with Gasteiger partial charge in [0.1, 0.15) is 17.6 Å². The third-order valence-corrected chi connectivity index (χ3v) is 9.35. The Balaban J connectivity index is 1.42. The lowest BCUT2D eigenvalue weighted by Gasteiger charge is -2.37. The van der Waals surface area contributed by atoms with Gasteiger partial charge in [-0.1, -0.05) is 67.5 Å². The number of aliphatic hydroxyl groups is 1. The second-order valence-corrected chi connectivity index (χ2v) is 12.1. The molecule has 0 aliphatic carbocycles. The summed E-state index contributed by atoms with van der Waals surface area (Å²) in [6.07, 6.45) is 13.2. The number of rotatable bonds is 7. The Morgan fingerprint density at radius 2 is 1.71 bits per heavy atom. The van der Waals surface area contributed by atoms with Gasteiger partial charge in [-0.25, -0.2) is 0 Å². The van der Waals surface area contributed by atoms with Gasteiger partial charge in [-0.2, -0.15) is 0 Å². The minimum Gasteiger partial charge on any atom is -0.465 e. The van der Waals surface area contributed by atoms with Crippen molar-refractivity contribution in [2.75, 3.05) is 31.2 Å². The molecular formula is C34H40N2O6. The zero-order chi connectivity index (χ0) is 29.3. The molecule has 5 atom stereocenters. The fourth-order valence-corrected chi connectivity index (χ4v) is 7.36. The number of carbonyl (C=O) groups excluding carboxylic acids is 3. The number of fused-ring (bicyclic) bond motifs is 3. The highest BCUT2D eigenvalue weighted by molar-refractivity contribution is 6.06. The Labute approximate surface area is 246 Å². The zero-order valence-electron chi connectivity index (χ0n) is 24.2. The number of hydrogen-bond donors (Lipinski definition) is 1. The normalized spacial score (nSPS) is 31.9. The molecule has 2 saturated heterocycles. The van der Waals surface area contributed by atoms with Crippen LogP contribution < -0.4 is 4.90 Å². The molecule has 0 bridgehead atoms. The molecule has 1 spiro atoms. The van der Waals surface area contributed by atoms with Crippen molar-refractivity contribution >= 4 is 34.2 Å². The Morgan fingerprint density at radius 3 is 2.55 bits per heavy atom. The standard InChI is InChI=1S/C34H40N2O6/c1-33-17-8-2-5-11-22-41-32(40)28(33)27-30(38)36(19-9-3-4-10-21-37)29-31(39)35(20-12-18-34(27,29)42-33)26-16-15-24-13-6-7-14-25(24)23-26/h6-8,12-18,23,27-29,37H,2-5,9-11,19-22H2,1H3/b17-8-/t27-,28-,29?,33+,34-/m0/s1. The average Bonchev–Trinajstić information content (AvgIpc) is 3.31. The molecule has 1 N–H and O–H groups in total.